The maximum absolute atomic E-state index is 11.6. The summed E-state index contributed by atoms with van der Waals surface area (Å²) in [6.07, 6.45) is 7.52. The number of rotatable bonds is 10. The monoisotopic (exact) mass is 386 g/mol. The number of carbonyl (C=O) groups is 1. The van der Waals surface area contributed by atoms with Gasteiger partial charge in [-0.1, -0.05) is 50.1 Å². The molecular weight excluding hydrogens is 356 g/mol. The van der Waals surface area contributed by atoms with Crippen LogP contribution in [0.15, 0.2) is 36.4 Å². The number of ether oxygens (including phenoxy) is 2. The van der Waals surface area contributed by atoms with E-state index in [0.717, 1.165) is 36.8 Å². The van der Waals surface area contributed by atoms with Gasteiger partial charge in [0.05, 0.1) is 18.1 Å². The number of carbonyl (C=O) groups excluding carboxylic acids is 1. The second-order valence-electron chi connectivity index (χ2n) is 7.55. The molecule has 1 atom stereocenters. The molecule has 1 aliphatic heterocycles. The van der Waals surface area contributed by atoms with Crippen LogP contribution in [0.3, 0.4) is 0 Å². The van der Waals surface area contributed by atoms with Crippen molar-refractivity contribution in [3.8, 4) is 10.4 Å². The average Bonchev–Trinajstić information content (AvgIpc) is 3.31. The van der Waals surface area contributed by atoms with Gasteiger partial charge in [0.1, 0.15) is 0 Å². The Bertz CT molecular complexity index is 716. The Morgan fingerprint density at radius 2 is 1.89 bits per heavy atom. The fourth-order valence-corrected chi connectivity index (χ4v) is 4.88. The van der Waals surface area contributed by atoms with Crippen LogP contribution in [0.25, 0.3) is 10.4 Å². The van der Waals surface area contributed by atoms with Crippen LogP contribution in [0.4, 0.5) is 0 Å². The van der Waals surface area contributed by atoms with Gasteiger partial charge >= 0.3 is 0 Å². The van der Waals surface area contributed by atoms with Gasteiger partial charge in [-0.2, -0.15) is 0 Å². The maximum atomic E-state index is 11.6. The third-order valence-electron chi connectivity index (χ3n) is 5.43. The van der Waals surface area contributed by atoms with Crippen molar-refractivity contribution in [3.05, 3.63) is 46.8 Å². The molecule has 146 valence electrons. The summed E-state index contributed by atoms with van der Waals surface area (Å²) in [5.41, 5.74) is 2.37. The topological polar surface area (TPSA) is 35.5 Å². The molecule has 0 spiro atoms. The fraction of sp³-hybridized carbons (Fsp3) is 0.522. The summed E-state index contributed by atoms with van der Waals surface area (Å²) < 4.78 is 11.5. The average molecular weight is 387 g/mol. The Labute approximate surface area is 166 Å². The van der Waals surface area contributed by atoms with Crippen molar-refractivity contribution in [2.24, 2.45) is 5.92 Å². The molecule has 1 aromatic heterocycles. The molecule has 0 aliphatic carbocycles. The van der Waals surface area contributed by atoms with E-state index in [1.54, 1.807) is 11.3 Å². The van der Waals surface area contributed by atoms with Crippen LogP contribution in [0.5, 0.6) is 0 Å². The zero-order valence-electron chi connectivity index (χ0n) is 16.4. The molecule has 0 bridgehead atoms. The van der Waals surface area contributed by atoms with Crippen LogP contribution >= 0.6 is 11.3 Å². The Morgan fingerprint density at radius 3 is 2.56 bits per heavy atom. The normalized spacial score (nSPS) is 17.1. The maximum Gasteiger partial charge on any atom is 0.165 e. The van der Waals surface area contributed by atoms with E-state index in [2.05, 4.69) is 32.0 Å². The van der Waals surface area contributed by atoms with Crippen molar-refractivity contribution in [3.63, 3.8) is 0 Å². The van der Waals surface area contributed by atoms with E-state index in [-0.39, 0.29) is 0 Å². The van der Waals surface area contributed by atoms with Crippen LogP contribution in [0.2, 0.25) is 0 Å². The highest BCUT2D eigenvalue weighted by Crippen LogP contribution is 2.33. The molecular formula is C23H30O3S. The van der Waals surface area contributed by atoms with E-state index < -0.39 is 5.79 Å². The molecule has 4 heteroatoms. The zero-order chi connectivity index (χ0) is 19.1. The molecule has 0 amide bonds. The first-order valence-corrected chi connectivity index (χ1v) is 10.9. The molecule has 3 nitrogen and oxygen atoms in total. The molecule has 0 saturated carbocycles. The van der Waals surface area contributed by atoms with Gasteiger partial charge in [-0.25, -0.2) is 0 Å². The molecule has 1 fully saturated rings. The predicted molar refractivity (Wildman–Crippen MR) is 111 cm³/mol. The zero-order valence-corrected chi connectivity index (χ0v) is 17.2. The fourth-order valence-electron chi connectivity index (χ4n) is 3.85. The molecule has 3 rings (SSSR count). The summed E-state index contributed by atoms with van der Waals surface area (Å²) >= 11 is 1.60. The Hall–Kier alpha value is -1.49. The molecule has 1 aromatic carbocycles. The van der Waals surface area contributed by atoms with E-state index in [1.807, 2.05) is 18.2 Å². The SMILES string of the molecule is CCCC(CCc1cc(-c2ccccc2)sc1C=O)CCC1(C)OCCO1. The minimum atomic E-state index is -0.400. The molecule has 1 saturated heterocycles. The van der Waals surface area contributed by atoms with Gasteiger partial charge in [0.2, 0.25) is 0 Å². The summed E-state index contributed by atoms with van der Waals surface area (Å²) in [5, 5.41) is 0. The minimum absolute atomic E-state index is 0.400. The number of aldehydes is 1. The van der Waals surface area contributed by atoms with Gasteiger partial charge in [-0.3, -0.25) is 4.79 Å². The van der Waals surface area contributed by atoms with Gasteiger partial charge in [0.25, 0.3) is 0 Å². The van der Waals surface area contributed by atoms with Crippen LogP contribution in [0.1, 0.15) is 61.2 Å². The third-order valence-corrected chi connectivity index (χ3v) is 6.58. The van der Waals surface area contributed by atoms with Gasteiger partial charge in [-0.05, 0) is 49.3 Å². The second-order valence-corrected chi connectivity index (χ2v) is 8.63. The number of hydrogen-bond donors (Lipinski definition) is 0. The molecule has 2 aromatic rings. The largest absolute Gasteiger partial charge is 0.348 e. The number of hydrogen-bond acceptors (Lipinski definition) is 4. The summed E-state index contributed by atoms with van der Waals surface area (Å²) in [7, 11) is 0. The minimum Gasteiger partial charge on any atom is -0.348 e. The smallest absolute Gasteiger partial charge is 0.165 e. The van der Waals surface area contributed by atoms with E-state index in [9.17, 15) is 4.79 Å². The Kier molecular flexibility index (Phi) is 7.22. The quantitative estimate of drug-likeness (QED) is 0.461. The first-order chi connectivity index (χ1) is 13.1. The highest BCUT2D eigenvalue weighted by molar-refractivity contribution is 7.17. The Morgan fingerprint density at radius 1 is 1.15 bits per heavy atom. The van der Waals surface area contributed by atoms with Gasteiger partial charge in [-0.15, -0.1) is 11.3 Å². The second kappa shape index (κ2) is 9.63. The van der Waals surface area contributed by atoms with E-state index in [1.165, 1.54) is 28.8 Å². The summed E-state index contributed by atoms with van der Waals surface area (Å²) in [4.78, 5) is 13.6. The van der Waals surface area contributed by atoms with Gasteiger partial charge < -0.3 is 9.47 Å². The summed E-state index contributed by atoms with van der Waals surface area (Å²) in [5.74, 6) is 0.238. The van der Waals surface area contributed by atoms with Crippen LogP contribution in [-0.4, -0.2) is 25.3 Å². The lowest BCUT2D eigenvalue weighted by atomic mass is 9.89. The molecule has 0 radical (unpaired) electrons. The molecule has 1 unspecified atom stereocenters. The van der Waals surface area contributed by atoms with Gasteiger partial charge in [0, 0.05) is 11.3 Å². The Balaban J connectivity index is 1.62. The lowest BCUT2D eigenvalue weighted by Gasteiger charge is -2.25. The summed E-state index contributed by atoms with van der Waals surface area (Å²) in [6.45, 7) is 5.70. The van der Waals surface area contributed by atoms with Crippen LogP contribution in [-0.2, 0) is 15.9 Å². The van der Waals surface area contributed by atoms with E-state index in [0.29, 0.717) is 19.1 Å². The third kappa shape index (κ3) is 5.50. The first kappa shape index (κ1) is 20.2. The van der Waals surface area contributed by atoms with E-state index in [4.69, 9.17) is 9.47 Å². The lowest BCUT2D eigenvalue weighted by Crippen LogP contribution is -2.26. The van der Waals surface area contributed by atoms with Crippen molar-refractivity contribution < 1.29 is 14.3 Å². The molecule has 1 aliphatic rings. The van der Waals surface area contributed by atoms with Crippen molar-refractivity contribution in [2.75, 3.05) is 13.2 Å². The van der Waals surface area contributed by atoms with Crippen LogP contribution < -0.4 is 0 Å². The number of thiophene rings is 1. The van der Waals surface area contributed by atoms with Crippen molar-refractivity contribution in [1.82, 2.24) is 0 Å². The molecule has 2 heterocycles. The lowest BCUT2D eigenvalue weighted by molar-refractivity contribution is -0.149. The molecule has 27 heavy (non-hydrogen) atoms. The molecule has 0 N–H and O–H groups in total. The van der Waals surface area contributed by atoms with Crippen molar-refractivity contribution in [2.45, 2.75) is 58.2 Å². The van der Waals surface area contributed by atoms with Crippen LogP contribution in [0, 0.1) is 5.92 Å². The highest BCUT2D eigenvalue weighted by atomic mass is 32.1. The summed E-state index contributed by atoms with van der Waals surface area (Å²) in [6, 6.07) is 12.5. The van der Waals surface area contributed by atoms with Gasteiger partial charge in [0.15, 0.2) is 12.1 Å². The standard InChI is InChI=1S/C23H30O3S/c1-3-7-18(12-13-23(2)25-14-15-26-23)10-11-20-16-21(27-22(20)17-24)19-8-5-4-6-9-19/h4-6,8-9,16-18H,3,7,10-15H2,1-2H3. The van der Waals surface area contributed by atoms with Crippen molar-refractivity contribution >= 4 is 17.6 Å². The predicted octanol–water partition coefficient (Wildman–Crippen LogP) is 6.12. The first-order valence-electron chi connectivity index (χ1n) is 10.0. The highest BCUT2D eigenvalue weighted by Gasteiger charge is 2.31. The number of aryl methyl sites for hydroxylation is 1. The number of benzene rings is 1. The van der Waals surface area contributed by atoms with Crippen molar-refractivity contribution in [1.29, 1.82) is 0 Å². The van der Waals surface area contributed by atoms with E-state index >= 15 is 0 Å².